The number of rotatable bonds is 8. The molecule has 8 nitrogen and oxygen atoms in total. The monoisotopic (exact) mass is 337 g/mol. The van der Waals surface area contributed by atoms with Gasteiger partial charge in [0.05, 0.1) is 18.7 Å². The largest absolute Gasteiger partial charge is 0.460 e. The van der Waals surface area contributed by atoms with Gasteiger partial charge >= 0.3 is 5.97 Å². The number of hydrogen-bond acceptors (Lipinski definition) is 5. The zero-order chi connectivity index (χ0) is 17.7. The van der Waals surface area contributed by atoms with Gasteiger partial charge in [-0.25, -0.2) is 4.79 Å². The summed E-state index contributed by atoms with van der Waals surface area (Å²) in [5.74, 6) is -1.16. The number of aromatic amines is 1. The van der Waals surface area contributed by atoms with E-state index >= 15 is 0 Å². The molecule has 3 N–H and O–H groups in total. The third-order valence-electron chi connectivity index (χ3n) is 3.74. The molecule has 1 saturated carbocycles. The molecule has 2 rings (SSSR count). The number of amides is 2. The summed E-state index contributed by atoms with van der Waals surface area (Å²) in [6, 6.07) is 0.248. The fourth-order valence-corrected chi connectivity index (χ4v) is 2.33. The minimum atomic E-state index is -0.510. The molecule has 0 unspecified atom stereocenters. The third-order valence-corrected chi connectivity index (χ3v) is 3.74. The van der Waals surface area contributed by atoms with Crippen LogP contribution in [0.2, 0.25) is 0 Å². The van der Waals surface area contributed by atoms with Crippen LogP contribution in [-0.2, 0) is 14.3 Å². The Labute approximate surface area is 140 Å². The van der Waals surface area contributed by atoms with E-state index in [2.05, 4.69) is 15.6 Å². The maximum absolute atomic E-state index is 12.2. The summed E-state index contributed by atoms with van der Waals surface area (Å²) in [6.07, 6.45) is 1.98. The molecule has 1 fully saturated rings. The molecule has 1 heterocycles. The Morgan fingerprint density at radius 3 is 2.54 bits per heavy atom. The first-order valence-corrected chi connectivity index (χ1v) is 7.86. The van der Waals surface area contributed by atoms with Gasteiger partial charge in [0.15, 0.2) is 0 Å². The Balaban J connectivity index is 1.96. The molecule has 132 valence electrons. The summed E-state index contributed by atoms with van der Waals surface area (Å²) in [4.78, 5) is 38.8. The lowest BCUT2D eigenvalue weighted by atomic mass is 10.1. The number of nitrogens with one attached hydrogen (secondary N) is 3. The number of methoxy groups -OCH3 is 1. The van der Waals surface area contributed by atoms with Crippen molar-refractivity contribution < 1.29 is 23.9 Å². The average Bonchev–Trinajstić information content (AvgIpc) is 3.29. The van der Waals surface area contributed by atoms with E-state index in [0.717, 1.165) is 12.8 Å². The Morgan fingerprint density at radius 1 is 1.21 bits per heavy atom. The number of ether oxygens (including phenoxy) is 2. The predicted octanol–water partition coefficient (Wildman–Crippen LogP) is 0.443. The van der Waals surface area contributed by atoms with Crippen molar-refractivity contribution in [3.05, 3.63) is 22.5 Å². The Hall–Kier alpha value is -2.35. The molecular weight excluding hydrogens is 314 g/mol. The molecule has 0 aromatic carbocycles. The van der Waals surface area contributed by atoms with Crippen molar-refractivity contribution in [2.75, 3.05) is 26.9 Å². The third kappa shape index (κ3) is 4.58. The van der Waals surface area contributed by atoms with Crippen LogP contribution in [-0.4, -0.2) is 55.7 Å². The van der Waals surface area contributed by atoms with Crippen LogP contribution in [0, 0.1) is 13.8 Å². The van der Waals surface area contributed by atoms with Gasteiger partial charge in [-0.05, 0) is 32.3 Å². The summed E-state index contributed by atoms with van der Waals surface area (Å²) >= 11 is 0. The summed E-state index contributed by atoms with van der Waals surface area (Å²) in [5.41, 5.74) is 1.63. The summed E-state index contributed by atoms with van der Waals surface area (Å²) < 4.78 is 9.92. The average molecular weight is 337 g/mol. The van der Waals surface area contributed by atoms with Crippen LogP contribution < -0.4 is 10.6 Å². The molecule has 8 heteroatoms. The van der Waals surface area contributed by atoms with Crippen molar-refractivity contribution in [3.8, 4) is 0 Å². The second-order valence-corrected chi connectivity index (χ2v) is 5.78. The first-order chi connectivity index (χ1) is 11.4. The van der Waals surface area contributed by atoms with Crippen LogP contribution >= 0.6 is 0 Å². The Morgan fingerprint density at radius 2 is 1.92 bits per heavy atom. The summed E-state index contributed by atoms with van der Waals surface area (Å²) in [6.45, 7) is 3.70. The molecular formula is C16H23N3O5. The van der Waals surface area contributed by atoms with Crippen LogP contribution in [0.3, 0.4) is 0 Å². The normalized spacial score (nSPS) is 13.5. The lowest BCUT2D eigenvalue weighted by Crippen LogP contribution is -2.38. The minimum absolute atomic E-state index is 0.0968. The highest BCUT2D eigenvalue weighted by Crippen LogP contribution is 2.19. The molecule has 1 aliphatic carbocycles. The molecule has 1 aromatic heterocycles. The molecule has 1 aromatic rings. The standard InChI is InChI=1S/C16H23N3O5/c1-9-13(16(22)24-7-6-23-3)10(2)18-14(9)15(21)17-8-12(20)19-11-4-5-11/h11,18H,4-8H2,1-3H3,(H,17,21)(H,19,20). The number of esters is 1. The van der Waals surface area contributed by atoms with Crippen molar-refractivity contribution in [3.63, 3.8) is 0 Å². The SMILES string of the molecule is COCCOC(=O)c1c(C)[nH]c(C(=O)NCC(=O)NC2CC2)c1C. The molecule has 0 atom stereocenters. The number of aromatic nitrogens is 1. The number of carbonyl (C=O) groups is 3. The van der Waals surface area contributed by atoms with Gasteiger partial charge in [0.1, 0.15) is 12.3 Å². The van der Waals surface area contributed by atoms with Gasteiger partial charge in [-0.15, -0.1) is 0 Å². The zero-order valence-electron chi connectivity index (χ0n) is 14.2. The maximum atomic E-state index is 12.2. The zero-order valence-corrected chi connectivity index (χ0v) is 14.2. The van der Waals surface area contributed by atoms with Gasteiger partial charge < -0.3 is 25.1 Å². The molecule has 0 saturated heterocycles. The highest BCUT2D eigenvalue weighted by atomic mass is 16.6. The highest BCUT2D eigenvalue weighted by Gasteiger charge is 2.25. The van der Waals surface area contributed by atoms with Gasteiger partial charge in [0.2, 0.25) is 5.91 Å². The second-order valence-electron chi connectivity index (χ2n) is 5.78. The fourth-order valence-electron chi connectivity index (χ4n) is 2.33. The Kier molecular flexibility index (Phi) is 5.97. The van der Waals surface area contributed by atoms with E-state index in [1.54, 1.807) is 13.8 Å². The minimum Gasteiger partial charge on any atom is -0.460 e. The van der Waals surface area contributed by atoms with Gasteiger partial charge in [-0.1, -0.05) is 0 Å². The van der Waals surface area contributed by atoms with Crippen molar-refractivity contribution in [1.82, 2.24) is 15.6 Å². The maximum Gasteiger partial charge on any atom is 0.340 e. The molecule has 24 heavy (non-hydrogen) atoms. The second kappa shape index (κ2) is 7.96. The van der Waals surface area contributed by atoms with E-state index in [0.29, 0.717) is 23.4 Å². The first-order valence-electron chi connectivity index (χ1n) is 7.86. The highest BCUT2D eigenvalue weighted by molar-refractivity contribution is 6.01. The van der Waals surface area contributed by atoms with Gasteiger partial charge in [-0.3, -0.25) is 9.59 Å². The van der Waals surface area contributed by atoms with Crippen LogP contribution in [0.5, 0.6) is 0 Å². The number of hydrogen-bond donors (Lipinski definition) is 3. The molecule has 0 bridgehead atoms. The fraction of sp³-hybridized carbons (Fsp3) is 0.562. The van der Waals surface area contributed by atoms with Crippen molar-refractivity contribution in [2.45, 2.75) is 32.7 Å². The molecule has 0 radical (unpaired) electrons. The first kappa shape index (κ1) is 18.0. The van der Waals surface area contributed by atoms with Crippen LogP contribution in [0.25, 0.3) is 0 Å². The van der Waals surface area contributed by atoms with E-state index in [-0.39, 0.29) is 30.8 Å². The number of H-pyrrole nitrogens is 1. The Bertz CT molecular complexity index is 634. The quantitative estimate of drug-likeness (QED) is 0.471. The topological polar surface area (TPSA) is 110 Å². The molecule has 1 aliphatic rings. The van der Waals surface area contributed by atoms with E-state index in [9.17, 15) is 14.4 Å². The van der Waals surface area contributed by atoms with Crippen molar-refractivity contribution in [2.24, 2.45) is 0 Å². The summed E-state index contributed by atoms with van der Waals surface area (Å²) in [7, 11) is 1.52. The number of aryl methyl sites for hydroxylation is 1. The number of carbonyl (C=O) groups excluding carboxylic acids is 3. The molecule has 0 aliphatic heterocycles. The van der Waals surface area contributed by atoms with Crippen LogP contribution in [0.4, 0.5) is 0 Å². The van der Waals surface area contributed by atoms with E-state index in [1.165, 1.54) is 7.11 Å². The van der Waals surface area contributed by atoms with E-state index < -0.39 is 11.9 Å². The van der Waals surface area contributed by atoms with Gasteiger partial charge in [0, 0.05) is 18.8 Å². The van der Waals surface area contributed by atoms with Gasteiger partial charge in [0.25, 0.3) is 5.91 Å². The summed E-state index contributed by atoms with van der Waals surface area (Å²) in [5, 5.41) is 5.34. The van der Waals surface area contributed by atoms with Gasteiger partial charge in [-0.2, -0.15) is 0 Å². The van der Waals surface area contributed by atoms with E-state index in [1.807, 2.05) is 0 Å². The van der Waals surface area contributed by atoms with E-state index in [4.69, 9.17) is 9.47 Å². The van der Waals surface area contributed by atoms with Crippen molar-refractivity contribution in [1.29, 1.82) is 0 Å². The lowest BCUT2D eigenvalue weighted by Gasteiger charge is -2.06. The van der Waals surface area contributed by atoms with Crippen molar-refractivity contribution >= 4 is 17.8 Å². The van der Waals surface area contributed by atoms with Crippen LogP contribution in [0.1, 0.15) is 44.9 Å². The molecule has 2 amide bonds. The lowest BCUT2D eigenvalue weighted by molar-refractivity contribution is -0.120. The predicted molar refractivity (Wildman–Crippen MR) is 85.9 cm³/mol. The van der Waals surface area contributed by atoms with Crippen LogP contribution in [0.15, 0.2) is 0 Å². The smallest absolute Gasteiger partial charge is 0.340 e. The molecule has 0 spiro atoms.